The lowest BCUT2D eigenvalue weighted by Gasteiger charge is -2.36. The van der Waals surface area contributed by atoms with Crippen molar-refractivity contribution in [1.29, 1.82) is 0 Å². The highest BCUT2D eigenvalue weighted by atomic mass is 16.3. The van der Waals surface area contributed by atoms with Crippen LogP contribution in [0.4, 0.5) is 0 Å². The highest BCUT2D eigenvalue weighted by molar-refractivity contribution is 5.55. The van der Waals surface area contributed by atoms with E-state index in [0.717, 1.165) is 86.0 Å². The van der Waals surface area contributed by atoms with Crippen molar-refractivity contribution < 1.29 is 20.4 Å². The zero-order valence-electron chi connectivity index (χ0n) is 28.8. The molecule has 4 aromatic rings. The maximum Gasteiger partial charge on any atom is 0.122 e. The minimum Gasteiger partial charge on any atom is -0.507 e. The molecule has 0 aromatic heterocycles. The van der Waals surface area contributed by atoms with Crippen LogP contribution >= 0.6 is 0 Å². The van der Waals surface area contributed by atoms with Gasteiger partial charge in [-0.15, -0.1) is 0 Å². The molecular formula is C41H52O4. The van der Waals surface area contributed by atoms with Crippen LogP contribution in [-0.2, 0) is 0 Å². The normalized spacial score (nSPS) is 13.1. The minimum absolute atomic E-state index is 0.0396. The summed E-state index contributed by atoms with van der Waals surface area (Å²) in [5, 5.41) is 46.1. The van der Waals surface area contributed by atoms with Crippen LogP contribution in [0.3, 0.4) is 0 Å². The molecule has 0 amide bonds. The van der Waals surface area contributed by atoms with Gasteiger partial charge in [-0.2, -0.15) is 0 Å². The Morgan fingerprint density at radius 3 is 0.822 bits per heavy atom. The summed E-state index contributed by atoms with van der Waals surface area (Å²) in [5.74, 6) is 0.634. The summed E-state index contributed by atoms with van der Waals surface area (Å²) in [6.07, 6.45) is 2.37. The van der Waals surface area contributed by atoms with Crippen molar-refractivity contribution in [3.05, 3.63) is 115 Å². The second-order valence-electron chi connectivity index (χ2n) is 13.6. The van der Waals surface area contributed by atoms with Gasteiger partial charge in [0.05, 0.1) is 0 Å². The van der Waals surface area contributed by atoms with Crippen LogP contribution < -0.4 is 0 Å². The fourth-order valence-corrected chi connectivity index (χ4v) is 7.74. The number of hydrogen-bond donors (Lipinski definition) is 4. The van der Waals surface area contributed by atoms with Crippen molar-refractivity contribution in [2.75, 3.05) is 0 Å². The summed E-state index contributed by atoms with van der Waals surface area (Å²) in [7, 11) is 0. The third-order valence-electron chi connectivity index (χ3n) is 9.83. The molecule has 0 aliphatic rings. The molecule has 4 aromatic carbocycles. The molecule has 2 unspecified atom stereocenters. The zero-order chi connectivity index (χ0) is 33.3. The Labute approximate surface area is 270 Å². The molecule has 0 radical (unpaired) electrons. The average molecular weight is 609 g/mol. The Morgan fingerprint density at radius 2 is 0.622 bits per heavy atom. The van der Waals surface area contributed by atoms with Crippen molar-refractivity contribution in [3.8, 4) is 23.0 Å². The Balaban J connectivity index is 1.98. The highest BCUT2D eigenvalue weighted by Gasteiger charge is 2.36. The molecule has 0 heterocycles. The molecule has 0 saturated heterocycles. The van der Waals surface area contributed by atoms with Crippen molar-refractivity contribution >= 4 is 0 Å². The van der Waals surface area contributed by atoms with E-state index in [-0.39, 0.29) is 46.7 Å². The van der Waals surface area contributed by atoms with Gasteiger partial charge in [-0.25, -0.2) is 0 Å². The first-order valence-electron chi connectivity index (χ1n) is 16.4. The number of phenolic OH excluding ortho intramolecular Hbond substituents is 4. The number of aromatic hydroxyl groups is 4. The largest absolute Gasteiger partial charge is 0.507 e. The highest BCUT2D eigenvalue weighted by Crippen LogP contribution is 2.51. The van der Waals surface area contributed by atoms with Crippen LogP contribution in [0.1, 0.15) is 112 Å². The molecule has 0 aliphatic carbocycles. The fourth-order valence-electron chi connectivity index (χ4n) is 7.74. The van der Waals surface area contributed by atoms with E-state index in [1.54, 1.807) is 0 Å². The van der Waals surface area contributed by atoms with Gasteiger partial charge in [0, 0.05) is 34.1 Å². The standard InChI is InChI=1S/C41H52O4/c1-11-30(36(32-17-22(3)13-26(7)38(32)42)33-18-23(4)14-27(8)39(33)43)21-31(12-2)37(34-19-24(5)15-28(9)40(34)44)35-20-25(6)16-29(10)41(35)45/h13-20,30-31,36-37,42-45H,11-12,21H2,1-10H3. The van der Waals surface area contributed by atoms with Crippen molar-refractivity contribution in [1.82, 2.24) is 0 Å². The Morgan fingerprint density at radius 1 is 0.400 bits per heavy atom. The summed E-state index contributed by atoms with van der Waals surface area (Å²) >= 11 is 0. The van der Waals surface area contributed by atoms with Crippen LogP contribution in [0, 0.1) is 67.2 Å². The second kappa shape index (κ2) is 13.6. The lowest BCUT2D eigenvalue weighted by Crippen LogP contribution is -2.23. The number of aryl methyl sites for hydroxylation is 8. The molecule has 0 bridgehead atoms. The van der Waals surface area contributed by atoms with Crippen LogP contribution in [-0.4, -0.2) is 20.4 Å². The smallest absolute Gasteiger partial charge is 0.122 e. The van der Waals surface area contributed by atoms with Gasteiger partial charge in [-0.3, -0.25) is 0 Å². The monoisotopic (exact) mass is 608 g/mol. The van der Waals surface area contributed by atoms with E-state index >= 15 is 0 Å². The molecule has 0 spiro atoms. The molecule has 45 heavy (non-hydrogen) atoms. The van der Waals surface area contributed by atoms with Crippen LogP contribution in [0.5, 0.6) is 23.0 Å². The van der Waals surface area contributed by atoms with Gasteiger partial charge in [0.1, 0.15) is 23.0 Å². The van der Waals surface area contributed by atoms with E-state index in [0.29, 0.717) is 0 Å². The van der Waals surface area contributed by atoms with Gasteiger partial charge in [-0.05, 0) is 95.9 Å². The van der Waals surface area contributed by atoms with Crippen molar-refractivity contribution in [2.45, 2.75) is 100 Å². The summed E-state index contributed by atoms with van der Waals surface area (Å²) in [6, 6.07) is 16.2. The molecule has 0 saturated carbocycles. The van der Waals surface area contributed by atoms with Gasteiger partial charge >= 0.3 is 0 Å². The predicted molar refractivity (Wildman–Crippen MR) is 186 cm³/mol. The topological polar surface area (TPSA) is 80.9 Å². The predicted octanol–water partition coefficient (Wildman–Crippen LogP) is 10.4. The molecule has 0 fully saturated rings. The first-order chi connectivity index (χ1) is 21.2. The molecule has 4 nitrogen and oxygen atoms in total. The van der Waals surface area contributed by atoms with E-state index in [4.69, 9.17) is 0 Å². The van der Waals surface area contributed by atoms with Gasteiger partial charge < -0.3 is 20.4 Å². The summed E-state index contributed by atoms with van der Waals surface area (Å²) < 4.78 is 0. The molecule has 4 rings (SSSR count). The Bertz CT molecular complexity index is 1460. The van der Waals surface area contributed by atoms with E-state index in [1.165, 1.54) is 0 Å². The van der Waals surface area contributed by atoms with Crippen molar-refractivity contribution in [2.24, 2.45) is 11.8 Å². The number of rotatable bonds is 10. The van der Waals surface area contributed by atoms with E-state index in [9.17, 15) is 20.4 Å². The number of phenols is 4. The van der Waals surface area contributed by atoms with Crippen molar-refractivity contribution in [3.63, 3.8) is 0 Å². The average Bonchev–Trinajstić information content (AvgIpc) is 2.97. The van der Waals surface area contributed by atoms with Gasteiger partial charge in [0.15, 0.2) is 0 Å². The number of hydrogen-bond acceptors (Lipinski definition) is 4. The van der Waals surface area contributed by atoms with E-state index in [1.807, 2.05) is 79.7 Å². The zero-order valence-corrected chi connectivity index (χ0v) is 28.8. The summed E-state index contributed by atoms with van der Waals surface area (Å²) in [4.78, 5) is 0. The number of benzene rings is 4. The van der Waals surface area contributed by atoms with Crippen LogP contribution in [0.2, 0.25) is 0 Å². The SMILES string of the molecule is CCC(CC(CC)C(c1cc(C)cc(C)c1O)c1cc(C)cc(C)c1O)C(c1cc(C)cc(C)c1O)c1cc(C)cc(C)c1O. The lowest BCUT2D eigenvalue weighted by atomic mass is 9.68. The summed E-state index contributed by atoms with van der Waals surface area (Å²) in [6.45, 7) is 20.3. The van der Waals surface area contributed by atoms with E-state index in [2.05, 4.69) is 38.1 Å². The molecule has 240 valence electrons. The molecular weight excluding hydrogens is 556 g/mol. The summed E-state index contributed by atoms with van der Waals surface area (Å²) in [5.41, 5.74) is 10.8. The minimum atomic E-state index is -0.261. The Hall–Kier alpha value is -3.92. The second-order valence-corrected chi connectivity index (χ2v) is 13.6. The maximum atomic E-state index is 11.5. The lowest BCUT2D eigenvalue weighted by molar-refractivity contribution is 0.292. The molecule has 4 heteroatoms. The van der Waals surface area contributed by atoms with Gasteiger partial charge in [0.25, 0.3) is 0 Å². The Kier molecular flexibility index (Phi) is 10.3. The fraction of sp³-hybridized carbons (Fsp3) is 0.415. The molecule has 4 N–H and O–H groups in total. The maximum absolute atomic E-state index is 11.5. The van der Waals surface area contributed by atoms with Crippen LogP contribution in [0.15, 0.2) is 48.5 Å². The van der Waals surface area contributed by atoms with Gasteiger partial charge in [0.2, 0.25) is 0 Å². The van der Waals surface area contributed by atoms with E-state index < -0.39 is 0 Å². The molecule has 2 atom stereocenters. The third-order valence-corrected chi connectivity index (χ3v) is 9.83. The first kappa shape index (κ1) is 34.0. The first-order valence-corrected chi connectivity index (χ1v) is 16.4. The van der Waals surface area contributed by atoms with Gasteiger partial charge in [-0.1, -0.05) is 97.5 Å². The quantitative estimate of drug-likeness (QED) is 0.144. The molecule has 0 aliphatic heterocycles. The van der Waals surface area contributed by atoms with Crippen LogP contribution in [0.25, 0.3) is 0 Å². The third kappa shape index (κ3) is 6.85.